The highest BCUT2D eigenvalue weighted by atomic mass is 16.6. The molecule has 2 atom stereocenters. The van der Waals surface area contributed by atoms with Crippen LogP contribution in [0.25, 0.3) is 0 Å². The highest BCUT2D eigenvalue weighted by Gasteiger charge is 2.32. The summed E-state index contributed by atoms with van der Waals surface area (Å²) in [5.74, 6) is -0.794. The molecule has 0 aliphatic heterocycles. The minimum Gasteiger partial charge on any atom is -0.459 e. The lowest BCUT2D eigenvalue weighted by atomic mass is 9.99. The van der Waals surface area contributed by atoms with E-state index in [-0.39, 0.29) is 0 Å². The molecule has 0 heterocycles. The number of esters is 2. The van der Waals surface area contributed by atoms with Crippen LogP contribution in [0.1, 0.15) is 60.1 Å². The van der Waals surface area contributed by atoms with E-state index in [4.69, 9.17) is 19.9 Å². The van der Waals surface area contributed by atoms with Crippen LogP contribution in [0.5, 0.6) is 5.75 Å². The number of carbonyl (C=O) groups is 3. The number of benzene rings is 1. The van der Waals surface area contributed by atoms with Crippen molar-refractivity contribution in [3.63, 3.8) is 0 Å². The lowest BCUT2D eigenvalue weighted by molar-refractivity contribution is -0.157. The average molecular weight is 394 g/mol. The molecule has 0 aliphatic rings. The number of ether oxygens (including phenoxy) is 3. The van der Waals surface area contributed by atoms with Crippen LogP contribution in [0, 0.1) is 0 Å². The minimum atomic E-state index is -1.17. The summed E-state index contributed by atoms with van der Waals surface area (Å²) >= 11 is 0. The van der Waals surface area contributed by atoms with Crippen LogP contribution in [0.15, 0.2) is 24.3 Å². The van der Waals surface area contributed by atoms with Gasteiger partial charge in [-0.1, -0.05) is 12.1 Å². The van der Waals surface area contributed by atoms with Gasteiger partial charge in [-0.2, -0.15) is 0 Å². The van der Waals surface area contributed by atoms with E-state index in [1.807, 2.05) is 0 Å². The number of carbonyl (C=O) groups excluding carboxylic acids is 3. The first-order chi connectivity index (χ1) is 12.7. The Labute approximate surface area is 165 Å². The SMILES string of the molecule is CC(=O)Oc1ccc([C@@H](NC(=O)OC(C)(C)C)[C@@H](N)C(=O)OC(C)(C)C)cc1. The molecule has 1 aromatic carbocycles. The molecule has 3 N–H and O–H groups in total. The van der Waals surface area contributed by atoms with Crippen molar-refractivity contribution in [3.8, 4) is 5.75 Å². The maximum Gasteiger partial charge on any atom is 0.408 e. The van der Waals surface area contributed by atoms with Gasteiger partial charge in [0.1, 0.15) is 23.0 Å². The molecule has 0 unspecified atom stereocenters. The summed E-state index contributed by atoms with van der Waals surface area (Å²) in [5.41, 5.74) is 5.18. The average Bonchev–Trinajstić information content (AvgIpc) is 2.49. The molecule has 1 amide bonds. The van der Waals surface area contributed by atoms with Crippen molar-refractivity contribution in [1.82, 2.24) is 5.32 Å². The number of amides is 1. The number of nitrogens with one attached hydrogen (secondary N) is 1. The Morgan fingerprint density at radius 1 is 0.929 bits per heavy atom. The Morgan fingerprint density at radius 3 is 1.86 bits per heavy atom. The molecule has 0 fully saturated rings. The summed E-state index contributed by atoms with van der Waals surface area (Å²) in [6.45, 7) is 11.6. The Kier molecular flexibility index (Phi) is 7.58. The summed E-state index contributed by atoms with van der Waals surface area (Å²) in [6, 6.07) is 4.21. The second-order valence-corrected chi connectivity index (χ2v) is 8.35. The van der Waals surface area contributed by atoms with Crippen LogP contribution in [0.4, 0.5) is 4.79 Å². The fourth-order valence-electron chi connectivity index (χ4n) is 2.23. The van der Waals surface area contributed by atoms with Crippen molar-refractivity contribution >= 4 is 18.0 Å². The van der Waals surface area contributed by atoms with E-state index in [9.17, 15) is 14.4 Å². The smallest absolute Gasteiger partial charge is 0.408 e. The second kappa shape index (κ2) is 9.05. The zero-order valence-corrected chi connectivity index (χ0v) is 17.5. The summed E-state index contributed by atoms with van der Waals surface area (Å²) in [4.78, 5) is 35.8. The maximum atomic E-state index is 12.4. The molecule has 1 aromatic rings. The van der Waals surface area contributed by atoms with Gasteiger partial charge in [-0.3, -0.25) is 9.59 Å². The molecule has 8 heteroatoms. The van der Waals surface area contributed by atoms with Gasteiger partial charge >= 0.3 is 18.0 Å². The number of rotatable bonds is 5. The van der Waals surface area contributed by atoms with E-state index >= 15 is 0 Å². The monoisotopic (exact) mass is 394 g/mol. The van der Waals surface area contributed by atoms with E-state index in [1.165, 1.54) is 6.92 Å². The normalized spacial score (nSPS) is 13.9. The fraction of sp³-hybridized carbons (Fsp3) is 0.550. The molecule has 0 spiro atoms. The molecule has 0 aromatic heterocycles. The third kappa shape index (κ3) is 8.39. The van der Waals surface area contributed by atoms with E-state index in [2.05, 4.69) is 5.32 Å². The lowest BCUT2D eigenvalue weighted by Crippen LogP contribution is -2.48. The molecule has 28 heavy (non-hydrogen) atoms. The highest BCUT2D eigenvalue weighted by Crippen LogP contribution is 2.23. The van der Waals surface area contributed by atoms with E-state index in [0.29, 0.717) is 11.3 Å². The van der Waals surface area contributed by atoms with Gasteiger partial charge in [0.25, 0.3) is 0 Å². The molecule has 8 nitrogen and oxygen atoms in total. The number of hydrogen-bond donors (Lipinski definition) is 2. The molecule has 0 saturated carbocycles. The van der Waals surface area contributed by atoms with E-state index < -0.39 is 41.3 Å². The van der Waals surface area contributed by atoms with Gasteiger partial charge in [-0.25, -0.2) is 4.79 Å². The number of hydrogen-bond acceptors (Lipinski definition) is 7. The van der Waals surface area contributed by atoms with E-state index in [0.717, 1.165) is 0 Å². The van der Waals surface area contributed by atoms with Gasteiger partial charge < -0.3 is 25.3 Å². The molecule has 0 radical (unpaired) electrons. The van der Waals surface area contributed by atoms with Crippen molar-refractivity contribution < 1.29 is 28.6 Å². The highest BCUT2D eigenvalue weighted by molar-refractivity contribution is 5.79. The van der Waals surface area contributed by atoms with Crippen molar-refractivity contribution in [1.29, 1.82) is 0 Å². The Bertz CT molecular complexity index is 701. The molecule has 1 rings (SSSR count). The molecular formula is C20H30N2O6. The van der Waals surface area contributed by atoms with Crippen LogP contribution in [-0.2, 0) is 19.1 Å². The second-order valence-electron chi connectivity index (χ2n) is 8.35. The van der Waals surface area contributed by atoms with Crippen LogP contribution in [-0.4, -0.2) is 35.3 Å². The predicted molar refractivity (Wildman–Crippen MR) is 104 cm³/mol. The summed E-state index contributed by atoms with van der Waals surface area (Å²) < 4.78 is 15.6. The zero-order valence-electron chi connectivity index (χ0n) is 17.5. The van der Waals surface area contributed by atoms with Gasteiger partial charge in [0, 0.05) is 6.92 Å². The lowest BCUT2D eigenvalue weighted by Gasteiger charge is -2.29. The van der Waals surface area contributed by atoms with Gasteiger partial charge in [0.15, 0.2) is 0 Å². The Morgan fingerprint density at radius 2 is 1.43 bits per heavy atom. The quantitative estimate of drug-likeness (QED) is 0.582. The molecule has 156 valence electrons. The van der Waals surface area contributed by atoms with Crippen LogP contribution >= 0.6 is 0 Å². The van der Waals surface area contributed by atoms with Crippen LogP contribution in [0.3, 0.4) is 0 Å². The van der Waals surface area contributed by atoms with Crippen molar-refractivity contribution in [3.05, 3.63) is 29.8 Å². The van der Waals surface area contributed by atoms with Gasteiger partial charge in [-0.05, 0) is 59.2 Å². The van der Waals surface area contributed by atoms with Gasteiger partial charge in [-0.15, -0.1) is 0 Å². The first kappa shape index (κ1) is 23.4. The molecule has 0 bridgehead atoms. The Balaban J connectivity index is 3.11. The van der Waals surface area contributed by atoms with Crippen molar-refractivity contribution in [2.45, 2.75) is 71.8 Å². The van der Waals surface area contributed by atoms with Crippen LogP contribution < -0.4 is 15.8 Å². The first-order valence-corrected chi connectivity index (χ1v) is 8.94. The number of nitrogens with two attached hydrogens (primary N) is 1. The van der Waals surface area contributed by atoms with Crippen LogP contribution in [0.2, 0.25) is 0 Å². The third-order valence-electron chi connectivity index (χ3n) is 3.21. The molecule has 0 aliphatic carbocycles. The predicted octanol–water partition coefficient (Wildman–Crippen LogP) is 2.85. The zero-order chi connectivity index (χ0) is 21.7. The first-order valence-electron chi connectivity index (χ1n) is 8.94. The standard InChI is InChI=1S/C20H30N2O6/c1-12(23)26-14-10-8-13(9-11-14)16(22-18(25)28-20(5,6)7)15(21)17(24)27-19(2,3)4/h8-11,15-16H,21H2,1-7H3,(H,22,25)/t15-,16-/m1/s1. The summed E-state index contributed by atoms with van der Waals surface area (Å²) in [5, 5.41) is 2.62. The fourth-order valence-corrected chi connectivity index (χ4v) is 2.23. The van der Waals surface area contributed by atoms with Crippen molar-refractivity contribution in [2.75, 3.05) is 0 Å². The largest absolute Gasteiger partial charge is 0.459 e. The minimum absolute atomic E-state index is 0.332. The number of alkyl carbamates (subject to hydrolysis) is 1. The maximum absolute atomic E-state index is 12.4. The Hall–Kier alpha value is -2.61. The van der Waals surface area contributed by atoms with Gasteiger partial charge in [0.2, 0.25) is 0 Å². The molecule has 0 saturated heterocycles. The summed E-state index contributed by atoms with van der Waals surface area (Å²) in [7, 11) is 0. The summed E-state index contributed by atoms with van der Waals surface area (Å²) in [6.07, 6.45) is -0.722. The van der Waals surface area contributed by atoms with E-state index in [1.54, 1.807) is 65.8 Å². The van der Waals surface area contributed by atoms with Gasteiger partial charge in [0.05, 0.1) is 6.04 Å². The topological polar surface area (TPSA) is 117 Å². The third-order valence-corrected chi connectivity index (χ3v) is 3.21. The molecular weight excluding hydrogens is 364 g/mol. The van der Waals surface area contributed by atoms with Crippen molar-refractivity contribution in [2.24, 2.45) is 5.73 Å².